The Hall–Kier alpha value is -3.40. The van der Waals surface area contributed by atoms with E-state index < -0.39 is 28.6 Å². The summed E-state index contributed by atoms with van der Waals surface area (Å²) in [5.41, 5.74) is 0.429. The molecule has 0 unspecified atom stereocenters. The molecule has 0 aliphatic carbocycles. The molecule has 0 radical (unpaired) electrons. The van der Waals surface area contributed by atoms with Crippen molar-refractivity contribution >= 4 is 40.6 Å². The standard InChI is InChI=1S/C19H16N2O7S/c1-11(2)27-17(22)10-20-18(23)16(29-19(20)24)9-14-6-7-15(28-14)12-4-3-5-13(8-12)21(25)26/h3-9,11H,10H2,1-2H3/b16-9+. The summed E-state index contributed by atoms with van der Waals surface area (Å²) in [5, 5.41) is 10.3. The van der Waals surface area contributed by atoms with Crippen molar-refractivity contribution in [2.24, 2.45) is 0 Å². The van der Waals surface area contributed by atoms with Crippen molar-refractivity contribution in [2.75, 3.05) is 6.54 Å². The molecule has 9 nitrogen and oxygen atoms in total. The van der Waals surface area contributed by atoms with Crippen LogP contribution in [-0.2, 0) is 14.3 Å². The van der Waals surface area contributed by atoms with E-state index in [1.165, 1.54) is 24.3 Å². The maximum Gasteiger partial charge on any atom is 0.326 e. The lowest BCUT2D eigenvalue weighted by atomic mass is 10.1. The first-order valence-electron chi connectivity index (χ1n) is 8.54. The first-order chi connectivity index (χ1) is 13.7. The van der Waals surface area contributed by atoms with Crippen LogP contribution in [0.4, 0.5) is 10.5 Å². The second-order valence-corrected chi connectivity index (χ2v) is 7.31. The highest BCUT2D eigenvalue weighted by molar-refractivity contribution is 8.18. The molecule has 1 fully saturated rings. The van der Waals surface area contributed by atoms with Crippen LogP contribution in [0.25, 0.3) is 17.4 Å². The number of thioether (sulfide) groups is 1. The number of nitrogens with zero attached hydrogens (tertiary/aromatic N) is 2. The molecule has 2 heterocycles. The third-order valence-electron chi connectivity index (χ3n) is 3.77. The number of amides is 2. The Bertz CT molecular complexity index is 1030. The number of nitro benzene ring substituents is 1. The number of hydrogen-bond donors (Lipinski definition) is 0. The van der Waals surface area contributed by atoms with E-state index in [1.54, 1.807) is 32.0 Å². The quantitative estimate of drug-likeness (QED) is 0.301. The van der Waals surface area contributed by atoms with Gasteiger partial charge >= 0.3 is 5.97 Å². The SMILES string of the molecule is CC(C)OC(=O)CN1C(=O)S/C(=C/c2ccc(-c3cccc([N+](=O)[O-])c3)o2)C1=O. The van der Waals surface area contributed by atoms with Crippen LogP contribution in [-0.4, -0.2) is 39.6 Å². The molecule has 1 aliphatic rings. The molecule has 1 saturated heterocycles. The molecule has 0 saturated carbocycles. The highest BCUT2D eigenvalue weighted by Gasteiger charge is 2.37. The van der Waals surface area contributed by atoms with Crippen LogP contribution in [0.5, 0.6) is 0 Å². The minimum absolute atomic E-state index is 0.0742. The zero-order valence-corrected chi connectivity index (χ0v) is 16.3. The van der Waals surface area contributed by atoms with E-state index >= 15 is 0 Å². The average molecular weight is 416 g/mol. The molecule has 3 rings (SSSR count). The number of benzene rings is 1. The van der Waals surface area contributed by atoms with E-state index in [9.17, 15) is 24.5 Å². The maximum atomic E-state index is 12.4. The molecule has 2 aromatic rings. The van der Waals surface area contributed by atoms with E-state index in [1.807, 2.05) is 0 Å². The monoisotopic (exact) mass is 416 g/mol. The molecule has 1 aliphatic heterocycles. The predicted molar refractivity (Wildman–Crippen MR) is 105 cm³/mol. The van der Waals surface area contributed by atoms with Gasteiger partial charge < -0.3 is 9.15 Å². The molecule has 0 bridgehead atoms. The Balaban J connectivity index is 1.77. The van der Waals surface area contributed by atoms with Crippen molar-refractivity contribution in [3.63, 3.8) is 0 Å². The van der Waals surface area contributed by atoms with Gasteiger partial charge in [-0.15, -0.1) is 0 Å². The fourth-order valence-corrected chi connectivity index (χ4v) is 3.37. The molecule has 1 aromatic carbocycles. The van der Waals surface area contributed by atoms with E-state index in [0.29, 0.717) is 28.8 Å². The van der Waals surface area contributed by atoms with Crippen molar-refractivity contribution in [1.82, 2.24) is 4.90 Å². The zero-order chi connectivity index (χ0) is 21.1. The largest absolute Gasteiger partial charge is 0.462 e. The Morgan fingerprint density at radius 1 is 1.31 bits per heavy atom. The predicted octanol–water partition coefficient (Wildman–Crippen LogP) is 3.84. The third kappa shape index (κ3) is 4.72. The summed E-state index contributed by atoms with van der Waals surface area (Å²) < 4.78 is 10.6. The minimum Gasteiger partial charge on any atom is -0.462 e. The minimum atomic E-state index is -0.672. The third-order valence-corrected chi connectivity index (χ3v) is 4.68. The lowest BCUT2D eigenvalue weighted by Crippen LogP contribution is -2.35. The van der Waals surface area contributed by atoms with Gasteiger partial charge in [0, 0.05) is 23.8 Å². The van der Waals surface area contributed by atoms with Crippen molar-refractivity contribution < 1.29 is 28.5 Å². The van der Waals surface area contributed by atoms with Gasteiger partial charge in [0.2, 0.25) is 0 Å². The molecular weight excluding hydrogens is 400 g/mol. The Kier molecular flexibility index (Phi) is 5.83. The van der Waals surface area contributed by atoms with Gasteiger partial charge in [0.25, 0.3) is 16.8 Å². The summed E-state index contributed by atoms with van der Waals surface area (Å²) in [6, 6.07) is 9.12. The van der Waals surface area contributed by atoms with E-state index in [4.69, 9.17) is 9.15 Å². The highest BCUT2D eigenvalue weighted by Crippen LogP contribution is 2.33. The van der Waals surface area contributed by atoms with Gasteiger partial charge in [-0.05, 0) is 37.7 Å². The molecule has 29 heavy (non-hydrogen) atoms. The number of rotatable bonds is 6. The number of furan rings is 1. The zero-order valence-electron chi connectivity index (χ0n) is 15.5. The van der Waals surface area contributed by atoms with Gasteiger partial charge in [-0.1, -0.05) is 12.1 Å². The Morgan fingerprint density at radius 2 is 2.07 bits per heavy atom. The number of nitro groups is 1. The summed E-state index contributed by atoms with van der Waals surface area (Å²) in [6.45, 7) is 2.88. The molecule has 0 spiro atoms. The van der Waals surface area contributed by atoms with E-state index in [0.717, 1.165) is 4.90 Å². The number of hydrogen-bond acceptors (Lipinski definition) is 8. The molecular formula is C19H16N2O7S. The van der Waals surface area contributed by atoms with Gasteiger partial charge in [0.15, 0.2) is 0 Å². The number of esters is 1. The van der Waals surface area contributed by atoms with Gasteiger partial charge in [-0.2, -0.15) is 0 Å². The summed E-state index contributed by atoms with van der Waals surface area (Å²) in [7, 11) is 0. The fraction of sp³-hybridized carbons (Fsp3) is 0.211. The number of imide groups is 1. The second-order valence-electron chi connectivity index (χ2n) is 6.32. The van der Waals surface area contributed by atoms with Gasteiger partial charge in [-0.3, -0.25) is 29.4 Å². The van der Waals surface area contributed by atoms with Crippen molar-refractivity contribution in [3.05, 3.63) is 57.2 Å². The van der Waals surface area contributed by atoms with Crippen LogP contribution in [0.15, 0.2) is 45.7 Å². The average Bonchev–Trinajstić information content (AvgIpc) is 3.22. The van der Waals surface area contributed by atoms with Crippen LogP contribution in [0.3, 0.4) is 0 Å². The Labute approximate surface area is 169 Å². The van der Waals surface area contributed by atoms with Crippen LogP contribution >= 0.6 is 11.8 Å². The molecule has 0 atom stereocenters. The number of carbonyl (C=O) groups is 3. The molecule has 150 valence electrons. The summed E-state index contributed by atoms with van der Waals surface area (Å²) >= 11 is 0.690. The normalized spacial score (nSPS) is 15.4. The Morgan fingerprint density at radius 3 is 2.76 bits per heavy atom. The van der Waals surface area contributed by atoms with Crippen LogP contribution in [0, 0.1) is 10.1 Å². The van der Waals surface area contributed by atoms with Gasteiger partial charge in [0.1, 0.15) is 18.1 Å². The molecule has 1 aromatic heterocycles. The van der Waals surface area contributed by atoms with Gasteiger partial charge in [-0.25, -0.2) is 0 Å². The first-order valence-corrected chi connectivity index (χ1v) is 9.36. The molecule has 10 heteroatoms. The van der Waals surface area contributed by atoms with Crippen LogP contribution in [0.2, 0.25) is 0 Å². The summed E-state index contributed by atoms with van der Waals surface area (Å²) in [5.74, 6) is -0.620. The number of carbonyl (C=O) groups excluding carboxylic acids is 3. The van der Waals surface area contributed by atoms with Gasteiger partial charge in [0.05, 0.1) is 15.9 Å². The summed E-state index contributed by atoms with van der Waals surface area (Å²) in [6.07, 6.45) is 1.04. The summed E-state index contributed by atoms with van der Waals surface area (Å²) in [4.78, 5) is 47.5. The lowest BCUT2D eigenvalue weighted by molar-refractivity contribution is -0.384. The van der Waals surface area contributed by atoms with Crippen molar-refractivity contribution in [1.29, 1.82) is 0 Å². The van der Waals surface area contributed by atoms with E-state index in [-0.39, 0.29) is 16.7 Å². The topological polar surface area (TPSA) is 120 Å². The lowest BCUT2D eigenvalue weighted by Gasteiger charge is -2.13. The molecule has 2 amide bonds. The van der Waals surface area contributed by atoms with Crippen molar-refractivity contribution in [3.8, 4) is 11.3 Å². The number of ether oxygens (including phenoxy) is 1. The molecule has 0 N–H and O–H groups in total. The smallest absolute Gasteiger partial charge is 0.326 e. The fourth-order valence-electron chi connectivity index (χ4n) is 2.55. The van der Waals surface area contributed by atoms with E-state index in [2.05, 4.69) is 0 Å². The van der Waals surface area contributed by atoms with Crippen molar-refractivity contribution in [2.45, 2.75) is 20.0 Å². The first kappa shape index (κ1) is 20.3. The van der Waals surface area contributed by atoms with Crippen LogP contribution < -0.4 is 0 Å². The highest BCUT2D eigenvalue weighted by atomic mass is 32.2. The second kappa shape index (κ2) is 8.31. The number of non-ortho nitro benzene ring substituents is 1. The maximum absolute atomic E-state index is 12.4. The van der Waals surface area contributed by atoms with Crippen LogP contribution in [0.1, 0.15) is 19.6 Å².